The molecule has 0 unspecified atom stereocenters. The number of carbonyl (C=O) groups is 4. The topological polar surface area (TPSA) is 178 Å². The van der Waals surface area contributed by atoms with Crippen LogP contribution in [0.5, 0.6) is 0 Å². The number of nitrogens with one attached hydrogen (secondary N) is 1. The largest absolute Gasteiger partial charge is 0.461 e. The van der Waals surface area contributed by atoms with E-state index in [9.17, 15) is 19.2 Å². The number of hydrogen-bond donors (Lipinski definition) is 1. The zero-order chi connectivity index (χ0) is 24.7. The van der Waals surface area contributed by atoms with Crippen LogP contribution in [0.4, 0.5) is 0 Å². The summed E-state index contributed by atoms with van der Waals surface area (Å²) in [7, 11) is 0. The van der Waals surface area contributed by atoms with Crippen molar-refractivity contribution in [3.63, 3.8) is 0 Å². The molecule has 0 spiro atoms. The molecule has 31 heavy (non-hydrogen) atoms. The van der Waals surface area contributed by atoms with Crippen molar-refractivity contribution >= 4 is 41.6 Å². The Kier molecular flexibility index (Phi) is 13.7. The second-order valence-electron chi connectivity index (χ2n) is 6.94. The van der Waals surface area contributed by atoms with E-state index in [4.69, 9.17) is 20.3 Å². The molecule has 0 aliphatic heterocycles. The number of nitriles is 1. The van der Waals surface area contributed by atoms with Crippen molar-refractivity contribution in [3.05, 3.63) is 0 Å². The smallest absolute Gasteiger partial charge is 0.293 e. The molecule has 1 N–H and O–H groups in total. The van der Waals surface area contributed by atoms with Gasteiger partial charge in [-0.15, -0.1) is 0 Å². The maximum Gasteiger partial charge on any atom is 0.293 e. The Labute approximate surface area is 180 Å². The van der Waals surface area contributed by atoms with Crippen molar-refractivity contribution in [2.75, 3.05) is 13.2 Å². The molecule has 0 aliphatic carbocycles. The predicted octanol–water partition coefficient (Wildman–Crippen LogP) is 1.36. The molecule has 0 aromatic heterocycles. The Hall–Kier alpha value is -3.62. The van der Waals surface area contributed by atoms with Crippen LogP contribution in [0.2, 0.25) is 0 Å². The summed E-state index contributed by atoms with van der Waals surface area (Å²) in [5.41, 5.74) is -1.98. The maximum absolute atomic E-state index is 11.1. The zero-order valence-corrected chi connectivity index (χ0v) is 18.7. The van der Waals surface area contributed by atoms with Gasteiger partial charge in [0.2, 0.25) is 0 Å². The van der Waals surface area contributed by atoms with E-state index in [2.05, 4.69) is 19.8 Å². The summed E-state index contributed by atoms with van der Waals surface area (Å²) in [4.78, 5) is 51.9. The summed E-state index contributed by atoms with van der Waals surface area (Å²) >= 11 is 0. The van der Waals surface area contributed by atoms with Crippen molar-refractivity contribution in [1.29, 1.82) is 10.7 Å². The van der Waals surface area contributed by atoms with Crippen LogP contribution in [0.3, 0.4) is 0 Å². The highest BCUT2D eigenvalue weighted by Gasteiger charge is 2.27. The number of nitrogens with zero attached hydrogens (tertiary/aromatic N) is 3. The van der Waals surface area contributed by atoms with Crippen LogP contribution >= 0.6 is 0 Å². The lowest BCUT2D eigenvalue weighted by Gasteiger charge is -2.19. The summed E-state index contributed by atoms with van der Waals surface area (Å²) in [5, 5.41) is 23.0. The number of ketones is 2. The summed E-state index contributed by atoms with van der Waals surface area (Å²) in [6.45, 7) is 10.4. The molecule has 0 heterocycles. The fraction of sp³-hybridized carbons (Fsp3) is 0.579. The molecule has 0 saturated heterocycles. The van der Waals surface area contributed by atoms with Gasteiger partial charge in [-0.2, -0.15) is 5.26 Å². The van der Waals surface area contributed by atoms with Gasteiger partial charge in [0.05, 0.1) is 5.71 Å². The van der Waals surface area contributed by atoms with Crippen LogP contribution < -0.4 is 0 Å². The molecule has 0 aromatic rings. The third-order valence-corrected chi connectivity index (χ3v) is 3.60. The van der Waals surface area contributed by atoms with Gasteiger partial charge in [0.15, 0.2) is 28.5 Å². The van der Waals surface area contributed by atoms with Crippen LogP contribution in [0, 0.1) is 16.7 Å². The summed E-state index contributed by atoms with van der Waals surface area (Å²) in [6, 6.07) is 1.68. The zero-order valence-electron chi connectivity index (χ0n) is 18.7. The molecule has 12 heteroatoms. The number of carbonyl (C=O) groups excluding carboxylic acids is 4. The van der Waals surface area contributed by atoms with E-state index >= 15 is 0 Å². The SMILES string of the molecule is CC(=N)/C(COC=O)=N/OC(C)(C)C(C)=O.CC(=O)C(C)(C)O/N=C(/C#N)COC=O. The molecule has 0 bridgehead atoms. The second-order valence-corrected chi connectivity index (χ2v) is 6.94. The molecule has 0 saturated carbocycles. The third kappa shape index (κ3) is 13.3. The van der Waals surface area contributed by atoms with Gasteiger partial charge in [0.1, 0.15) is 25.0 Å². The molecule has 0 fully saturated rings. The van der Waals surface area contributed by atoms with E-state index in [0.29, 0.717) is 0 Å². The maximum atomic E-state index is 11.1. The lowest BCUT2D eigenvalue weighted by molar-refractivity contribution is -0.138. The molecule has 0 rings (SSSR count). The van der Waals surface area contributed by atoms with Crippen LogP contribution in [-0.4, -0.2) is 66.1 Å². The Balaban J connectivity index is 0. The van der Waals surface area contributed by atoms with Crippen LogP contribution in [-0.2, 0) is 38.3 Å². The number of Topliss-reactive ketones (excluding diaryl/α,β-unsaturated/α-hetero) is 2. The third-order valence-electron chi connectivity index (χ3n) is 3.60. The van der Waals surface area contributed by atoms with Gasteiger partial charge >= 0.3 is 0 Å². The van der Waals surface area contributed by atoms with Gasteiger partial charge < -0.3 is 24.6 Å². The van der Waals surface area contributed by atoms with Gasteiger partial charge in [-0.05, 0) is 48.5 Å². The second kappa shape index (κ2) is 14.4. The van der Waals surface area contributed by atoms with Crippen molar-refractivity contribution < 1.29 is 38.3 Å². The molecule has 0 radical (unpaired) electrons. The molecule has 0 aliphatic rings. The average Bonchev–Trinajstić information content (AvgIpc) is 2.68. The minimum Gasteiger partial charge on any atom is -0.461 e. The molecular weight excluding hydrogens is 412 g/mol. The van der Waals surface area contributed by atoms with Gasteiger partial charge in [-0.3, -0.25) is 19.2 Å². The summed E-state index contributed by atoms with van der Waals surface area (Å²) in [6.07, 6.45) is 0. The number of oxime groups is 2. The Morgan fingerprint density at radius 2 is 1.32 bits per heavy atom. The standard InChI is InChI=1S/C10H16N2O4.C9H12N2O4/c1-7(11)9(5-15-6-13)12-16-10(3,4)8(2)14;1-7(13)9(2,3)15-11-8(4-10)5-14-6-12/h6,11H,5H2,1-4H3;6H,5H2,1-3H3/b11-7?,12-9+;11-8-. The normalized spacial score (nSPS) is 11.7. The van der Waals surface area contributed by atoms with Crippen molar-refractivity contribution in [2.24, 2.45) is 10.3 Å². The molecule has 0 amide bonds. The molecular formula is C19H28N4O8. The number of ether oxygens (including phenoxy) is 2. The predicted molar refractivity (Wildman–Crippen MR) is 110 cm³/mol. The minimum absolute atomic E-state index is 0.112. The van der Waals surface area contributed by atoms with Gasteiger partial charge in [-0.1, -0.05) is 10.3 Å². The first kappa shape index (κ1) is 29.6. The van der Waals surface area contributed by atoms with Gasteiger partial charge in [-0.25, -0.2) is 0 Å². The highest BCUT2D eigenvalue weighted by Crippen LogP contribution is 2.11. The summed E-state index contributed by atoms with van der Waals surface area (Å²) < 4.78 is 8.78. The van der Waals surface area contributed by atoms with E-state index < -0.39 is 11.2 Å². The van der Waals surface area contributed by atoms with E-state index in [1.54, 1.807) is 19.9 Å². The van der Waals surface area contributed by atoms with E-state index in [0.717, 1.165) is 0 Å². The van der Waals surface area contributed by atoms with Crippen molar-refractivity contribution in [2.45, 2.75) is 59.7 Å². The Morgan fingerprint density at radius 3 is 1.68 bits per heavy atom. The number of hydrogen-bond acceptors (Lipinski definition) is 12. The molecule has 0 atom stereocenters. The lowest BCUT2D eigenvalue weighted by Crippen LogP contribution is -2.32. The van der Waals surface area contributed by atoms with E-state index in [1.165, 1.54) is 34.6 Å². The summed E-state index contributed by atoms with van der Waals surface area (Å²) in [5.74, 6) is -0.408. The monoisotopic (exact) mass is 440 g/mol. The van der Waals surface area contributed by atoms with Crippen LogP contribution in [0.1, 0.15) is 48.5 Å². The first-order valence-corrected chi connectivity index (χ1v) is 8.83. The van der Waals surface area contributed by atoms with E-state index in [-0.39, 0.29) is 54.9 Å². The van der Waals surface area contributed by atoms with Gasteiger partial charge in [0, 0.05) is 0 Å². The highest BCUT2D eigenvalue weighted by atomic mass is 16.7. The van der Waals surface area contributed by atoms with Crippen molar-refractivity contribution in [3.8, 4) is 6.07 Å². The van der Waals surface area contributed by atoms with Crippen LogP contribution in [0.15, 0.2) is 10.3 Å². The minimum atomic E-state index is -1.09. The van der Waals surface area contributed by atoms with Crippen molar-refractivity contribution in [1.82, 2.24) is 0 Å². The van der Waals surface area contributed by atoms with E-state index in [1.807, 2.05) is 0 Å². The Morgan fingerprint density at radius 1 is 0.903 bits per heavy atom. The molecule has 12 nitrogen and oxygen atoms in total. The fourth-order valence-corrected chi connectivity index (χ4v) is 0.975. The first-order chi connectivity index (χ1) is 14.2. The van der Waals surface area contributed by atoms with Gasteiger partial charge in [0.25, 0.3) is 12.9 Å². The number of rotatable bonds is 13. The Bertz CT molecular complexity index is 763. The fourth-order valence-electron chi connectivity index (χ4n) is 0.975. The lowest BCUT2D eigenvalue weighted by atomic mass is 10.1. The molecule has 172 valence electrons. The highest BCUT2D eigenvalue weighted by molar-refractivity contribution is 6.40. The first-order valence-electron chi connectivity index (χ1n) is 8.83. The quantitative estimate of drug-likeness (QED) is 0.251. The van der Waals surface area contributed by atoms with Crippen LogP contribution in [0.25, 0.3) is 0 Å². The average molecular weight is 440 g/mol. The molecule has 0 aromatic carbocycles.